The fourth-order valence-electron chi connectivity index (χ4n) is 0.852. The van der Waals surface area contributed by atoms with Gasteiger partial charge in [0.2, 0.25) is 0 Å². The van der Waals surface area contributed by atoms with Crippen LogP contribution in [0.4, 0.5) is 0 Å². The quantitative estimate of drug-likeness (QED) is 0.487. The number of benzene rings is 1. The van der Waals surface area contributed by atoms with Crippen LogP contribution in [0.25, 0.3) is 0 Å². The molecule has 1 N–H and O–H groups in total. The summed E-state index contributed by atoms with van der Waals surface area (Å²) in [5.41, 5.74) is 1.19. The summed E-state index contributed by atoms with van der Waals surface area (Å²) in [5.74, 6) is 0. The van der Waals surface area contributed by atoms with E-state index in [4.69, 9.17) is 0 Å². The molecule has 1 aliphatic rings. The van der Waals surface area contributed by atoms with E-state index < -0.39 is 0 Å². The molecule has 0 aliphatic carbocycles. The van der Waals surface area contributed by atoms with Crippen LogP contribution in [0.2, 0.25) is 0 Å². The van der Waals surface area contributed by atoms with Crippen molar-refractivity contribution in [3.05, 3.63) is 29.8 Å². The number of rotatable bonds is 0. The molecular formula is C7H7KN2S. The summed E-state index contributed by atoms with van der Waals surface area (Å²) in [4.78, 5) is 4.06. The molecule has 0 atom stereocenters. The molecule has 2 nitrogen and oxygen atoms in total. The molecule has 0 unspecified atom stereocenters. The van der Waals surface area contributed by atoms with Crippen molar-refractivity contribution >= 4 is 69.5 Å². The van der Waals surface area contributed by atoms with E-state index in [-0.39, 0.29) is 51.4 Å². The zero-order chi connectivity index (χ0) is 6.81. The van der Waals surface area contributed by atoms with E-state index in [0.717, 1.165) is 0 Å². The second-order valence-electron chi connectivity index (χ2n) is 1.99. The predicted octanol–water partition coefficient (Wildman–Crippen LogP) is 0.982. The van der Waals surface area contributed by atoms with Gasteiger partial charge < -0.3 is 0 Å². The van der Waals surface area contributed by atoms with Gasteiger partial charge in [-0.25, -0.2) is 4.83 Å². The van der Waals surface area contributed by atoms with Crippen molar-refractivity contribution in [2.75, 3.05) is 0 Å². The van der Waals surface area contributed by atoms with Crippen molar-refractivity contribution in [1.82, 2.24) is 4.83 Å². The monoisotopic (exact) mass is 190 g/mol. The Kier molecular flexibility index (Phi) is 4.12. The first kappa shape index (κ1) is 9.76. The van der Waals surface area contributed by atoms with Crippen molar-refractivity contribution in [3.63, 3.8) is 0 Å². The summed E-state index contributed by atoms with van der Waals surface area (Å²) in [7, 11) is 0. The molecule has 52 valence electrons. The summed E-state index contributed by atoms with van der Waals surface area (Å²) >= 11 is 1.54. The molecule has 1 aromatic carbocycles. The van der Waals surface area contributed by atoms with Gasteiger partial charge >= 0.3 is 51.4 Å². The third kappa shape index (κ3) is 2.30. The molecule has 1 aliphatic heterocycles. The first-order valence-electron chi connectivity index (χ1n) is 3.01. The number of hydrazone groups is 1. The Balaban J connectivity index is 0.000000605. The van der Waals surface area contributed by atoms with Crippen LogP contribution in [0.1, 0.15) is 5.56 Å². The summed E-state index contributed by atoms with van der Waals surface area (Å²) in [6.45, 7) is 0. The number of nitrogens with zero attached hydrogens (tertiary/aromatic N) is 1. The van der Waals surface area contributed by atoms with Crippen molar-refractivity contribution < 1.29 is 0 Å². The van der Waals surface area contributed by atoms with Crippen LogP contribution in [0.3, 0.4) is 0 Å². The van der Waals surface area contributed by atoms with Crippen LogP contribution < -0.4 is 4.83 Å². The topological polar surface area (TPSA) is 24.4 Å². The second kappa shape index (κ2) is 4.64. The molecule has 0 fully saturated rings. The Morgan fingerprint density at radius 1 is 1.27 bits per heavy atom. The normalized spacial score (nSPS) is 12.7. The Hall–Kier alpha value is 0.676. The summed E-state index contributed by atoms with van der Waals surface area (Å²) in [6, 6.07) is 8.15. The molecule has 0 saturated carbocycles. The van der Waals surface area contributed by atoms with Gasteiger partial charge in [-0.3, -0.25) is 0 Å². The minimum absolute atomic E-state index is 0. The Labute approximate surface area is 112 Å². The van der Waals surface area contributed by atoms with Crippen molar-refractivity contribution in [3.8, 4) is 0 Å². The molecule has 0 saturated heterocycles. The average molecular weight is 190 g/mol. The maximum atomic E-state index is 3.91. The first-order valence-corrected chi connectivity index (χ1v) is 3.82. The average Bonchev–Trinajstić information content (AvgIpc) is 2.05. The minimum atomic E-state index is 0. The molecule has 0 radical (unpaired) electrons. The van der Waals surface area contributed by atoms with Gasteiger partial charge in [0.1, 0.15) is 0 Å². The third-order valence-corrected chi connectivity index (χ3v) is 2.12. The third-order valence-electron chi connectivity index (χ3n) is 1.33. The molecule has 0 spiro atoms. The molecule has 1 aromatic rings. The predicted molar refractivity (Wildman–Crippen MR) is 50.2 cm³/mol. The second-order valence-corrected chi connectivity index (χ2v) is 2.82. The van der Waals surface area contributed by atoms with Gasteiger partial charge in [0.05, 0.1) is 6.21 Å². The van der Waals surface area contributed by atoms with E-state index in [1.807, 2.05) is 24.4 Å². The van der Waals surface area contributed by atoms with Crippen LogP contribution in [-0.2, 0) is 0 Å². The molecule has 11 heavy (non-hydrogen) atoms. The Morgan fingerprint density at radius 3 is 2.91 bits per heavy atom. The van der Waals surface area contributed by atoms with E-state index in [1.54, 1.807) is 11.9 Å². The Bertz CT molecular complexity index is 275. The van der Waals surface area contributed by atoms with Crippen LogP contribution >= 0.6 is 11.9 Å². The van der Waals surface area contributed by atoms with E-state index >= 15 is 0 Å². The molecule has 2 rings (SSSR count). The van der Waals surface area contributed by atoms with Gasteiger partial charge in [-0.2, -0.15) is 5.10 Å². The zero-order valence-corrected chi connectivity index (χ0v) is 6.06. The number of hydrogen-bond donors (Lipinski definition) is 1. The van der Waals surface area contributed by atoms with Gasteiger partial charge in [-0.1, -0.05) is 18.2 Å². The summed E-state index contributed by atoms with van der Waals surface area (Å²) in [6.07, 6.45) is 1.83. The number of fused-ring (bicyclic) bond motifs is 1. The molecule has 1 heterocycles. The molecule has 0 bridgehead atoms. The fourth-order valence-corrected chi connectivity index (χ4v) is 1.44. The molecule has 0 aromatic heterocycles. The number of nitrogens with one attached hydrogen (secondary N) is 1. The molecule has 4 heteroatoms. The Morgan fingerprint density at radius 2 is 2.09 bits per heavy atom. The van der Waals surface area contributed by atoms with Crippen LogP contribution in [0, 0.1) is 0 Å². The van der Waals surface area contributed by atoms with E-state index in [1.165, 1.54) is 10.5 Å². The fraction of sp³-hybridized carbons (Fsp3) is 0. The first-order chi connectivity index (χ1) is 4.97. The van der Waals surface area contributed by atoms with Crippen molar-refractivity contribution in [2.45, 2.75) is 4.90 Å². The molecular weight excluding hydrogens is 183 g/mol. The van der Waals surface area contributed by atoms with Crippen LogP contribution in [-0.4, -0.2) is 57.6 Å². The zero-order valence-electron chi connectivity index (χ0n) is 5.24. The van der Waals surface area contributed by atoms with E-state index in [2.05, 4.69) is 16.0 Å². The van der Waals surface area contributed by atoms with E-state index in [0.29, 0.717) is 0 Å². The van der Waals surface area contributed by atoms with Gasteiger partial charge in [0.15, 0.2) is 0 Å². The number of hydrogen-bond acceptors (Lipinski definition) is 3. The summed E-state index contributed by atoms with van der Waals surface area (Å²) in [5, 5.41) is 3.91. The van der Waals surface area contributed by atoms with Crippen molar-refractivity contribution in [2.24, 2.45) is 5.10 Å². The van der Waals surface area contributed by atoms with Crippen LogP contribution in [0.5, 0.6) is 0 Å². The maximum absolute atomic E-state index is 3.91. The van der Waals surface area contributed by atoms with Gasteiger partial charge in [-0.15, -0.1) is 0 Å². The summed E-state index contributed by atoms with van der Waals surface area (Å²) < 4.78 is 0. The van der Waals surface area contributed by atoms with Gasteiger partial charge in [-0.05, 0) is 6.07 Å². The van der Waals surface area contributed by atoms with Crippen LogP contribution in [0.15, 0.2) is 34.3 Å². The standard InChI is InChI=1S/C7H6N2S.K.H/c1-2-4-7-6(3-1)5-8-9-10-7;;/h1-5,9H;;. The van der Waals surface area contributed by atoms with Gasteiger partial charge in [0, 0.05) is 22.4 Å². The van der Waals surface area contributed by atoms with E-state index in [9.17, 15) is 0 Å². The SMILES string of the molecule is C1=NNSc2ccccc21.[KH]. The van der Waals surface area contributed by atoms with Crippen molar-refractivity contribution in [1.29, 1.82) is 0 Å². The van der Waals surface area contributed by atoms with Gasteiger partial charge in [0.25, 0.3) is 0 Å². The molecule has 0 amide bonds.